The number of benzene rings is 1. The molecule has 1 aromatic rings. The second-order valence-electron chi connectivity index (χ2n) is 3.97. The van der Waals surface area contributed by atoms with Crippen molar-refractivity contribution in [1.29, 1.82) is 0 Å². The number of amides is 1. The molecular weight excluding hydrogens is 346 g/mol. The van der Waals surface area contributed by atoms with Crippen LogP contribution in [0.4, 0.5) is 0 Å². The highest BCUT2D eigenvalue weighted by molar-refractivity contribution is 9.10. The molecule has 20 heavy (non-hydrogen) atoms. The molecule has 1 aromatic carbocycles. The van der Waals surface area contributed by atoms with Crippen molar-refractivity contribution < 1.29 is 19.4 Å². The van der Waals surface area contributed by atoms with Crippen molar-refractivity contribution in [1.82, 2.24) is 5.32 Å². The first-order valence-corrected chi connectivity index (χ1v) is 7.90. The first-order valence-electron chi connectivity index (χ1n) is 5.95. The van der Waals surface area contributed by atoms with Gasteiger partial charge in [0.2, 0.25) is 5.91 Å². The topological polar surface area (TPSA) is 75.6 Å². The molecule has 0 saturated heterocycles. The SMILES string of the molecule is CC(=O)NC(CSCCOc1ccc(Br)cc1)C(=O)O. The van der Waals surface area contributed by atoms with Crippen molar-refractivity contribution in [3.63, 3.8) is 0 Å². The van der Waals surface area contributed by atoms with E-state index in [-0.39, 0.29) is 5.91 Å². The Bertz CT molecular complexity index is 452. The summed E-state index contributed by atoms with van der Waals surface area (Å²) in [6, 6.07) is 6.63. The fourth-order valence-corrected chi connectivity index (χ4v) is 2.46. The van der Waals surface area contributed by atoms with Crippen molar-refractivity contribution in [3.05, 3.63) is 28.7 Å². The predicted octanol–water partition coefficient (Wildman–Crippen LogP) is 2.15. The van der Waals surface area contributed by atoms with E-state index in [1.54, 1.807) is 0 Å². The summed E-state index contributed by atoms with van der Waals surface area (Å²) in [7, 11) is 0. The van der Waals surface area contributed by atoms with E-state index in [0.29, 0.717) is 18.1 Å². The van der Waals surface area contributed by atoms with Gasteiger partial charge in [-0.3, -0.25) is 4.79 Å². The number of nitrogens with one attached hydrogen (secondary N) is 1. The van der Waals surface area contributed by atoms with Gasteiger partial charge in [-0.15, -0.1) is 0 Å². The molecule has 1 unspecified atom stereocenters. The third-order valence-corrected chi connectivity index (χ3v) is 3.82. The molecule has 0 aliphatic rings. The molecule has 0 heterocycles. The van der Waals surface area contributed by atoms with Gasteiger partial charge in [-0.1, -0.05) is 15.9 Å². The summed E-state index contributed by atoms with van der Waals surface area (Å²) in [5.41, 5.74) is 0. The highest BCUT2D eigenvalue weighted by Gasteiger charge is 2.17. The number of hydrogen-bond donors (Lipinski definition) is 2. The van der Waals surface area contributed by atoms with Gasteiger partial charge in [-0.05, 0) is 24.3 Å². The number of thioether (sulfide) groups is 1. The number of halogens is 1. The lowest BCUT2D eigenvalue weighted by Crippen LogP contribution is -2.41. The van der Waals surface area contributed by atoms with Crippen molar-refractivity contribution in [2.45, 2.75) is 13.0 Å². The summed E-state index contributed by atoms with van der Waals surface area (Å²) < 4.78 is 6.49. The normalized spacial score (nSPS) is 11.7. The van der Waals surface area contributed by atoms with E-state index in [1.165, 1.54) is 18.7 Å². The maximum absolute atomic E-state index is 10.9. The Morgan fingerprint density at radius 3 is 2.60 bits per heavy atom. The number of rotatable bonds is 8. The molecular formula is C13H16BrNO4S. The van der Waals surface area contributed by atoms with Crippen LogP contribution in [0.3, 0.4) is 0 Å². The number of hydrogen-bond acceptors (Lipinski definition) is 4. The number of ether oxygens (including phenoxy) is 1. The maximum Gasteiger partial charge on any atom is 0.327 e. The van der Waals surface area contributed by atoms with E-state index in [4.69, 9.17) is 9.84 Å². The molecule has 1 rings (SSSR count). The van der Waals surface area contributed by atoms with Crippen LogP contribution in [0.25, 0.3) is 0 Å². The van der Waals surface area contributed by atoms with Crippen LogP contribution in [0.2, 0.25) is 0 Å². The van der Waals surface area contributed by atoms with Gasteiger partial charge in [0, 0.05) is 22.9 Å². The number of carbonyl (C=O) groups excluding carboxylic acids is 1. The van der Waals surface area contributed by atoms with E-state index in [2.05, 4.69) is 21.2 Å². The number of carboxylic acids is 1. The highest BCUT2D eigenvalue weighted by atomic mass is 79.9. The Kier molecular flexibility index (Phi) is 7.46. The molecule has 2 N–H and O–H groups in total. The molecule has 1 amide bonds. The van der Waals surface area contributed by atoms with Crippen LogP contribution < -0.4 is 10.1 Å². The largest absolute Gasteiger partial charge is 0.493 e. The molecule has 110 valence electrons. The Balaban J connectivity index is 2.21. The quantitative estimate of drug-likeness (QED) is 0.693. The Morgan fingerprint density at radius 2 is 2.05 bits per heavy atom. The summed E-state index contributed by atoms with van der Waals surface area (Å²) >= 11 is 4.76. The molecule has 0 aliphatic carbocycles. The molecule has 0 spiro atoms. The zero-order valence-corrected chi connectivity index (χ0v) is 13.4. The Labute approximate surface area is 130 Å². The van der Waals surface area contributed by atoms with Crippen LogP contribution >= 0.6 is 27.7 Å². The van der Waals surface area contributed by atoms with Gasteiger partial charge in [0.1, 0.15) is 11.8 Å². The molecule has 0 fully saturated rings. The molecule has 5 nitrogen and oxygen atoms in total. The van der Waals surface area contributed by atoms with E-state index < -0.39 is 12.0 Å². The first-order chi connectivity index (χ1) is 9.49. The maximum atomic E-state index is 10.9. The Morgan fingerprint density at radius 1 is 1.40 bits per heavy atom. The van der Waals surface area contributed by atoms with E-state index in [1.807, 2.05) is 24.3 Å². The van der Waals surface area contributed by atoms with Crippen LogP contribution in [0.1, 0.15) is 6.92 Å². The van der Waals surface area contributed by atoms with Crippen molar-refractivity contribution in [3.8, 4) is 5.75 Å². The molecule has 0 saturated carbocycles. The van der Waals surface area contributed by atoms with Gasteiger partial charge in [0.15, 0.2) is 0 Å². The third-order valence-electron chi connectivity index (χ3n) is 2.27. The van der Waals surface area contributed by atoms with E-state index in [0.717, 1.165) is 10.2 Å². The van der Waals surface area contributed by atoms with Gasteiger partial charge in [-0.25, -0.2) is 4.79 Å². The van der Waals surface area contributed by atoms with E-state index >= 15 is 0 Å². The first kappa shape index (κ1) is 16.8. The van der Waals surface area contributed by atoms with Gasteiger partial charge in [0.05, 0.1) is 6.61 Å². The zero-order chi connectivity index (χ0) is 15.0. The number of carboxylic acid groups (broad SMARTS) is 1. The van der Waals surface area contributed by atoms with Gasteiger partial charge < -0.3 is 15.2 Å². The lowest BCUT2D eigenvalue weighted by atomic mass is 10.3. The molecule has 0 radical (unpaired) electrons. The molecule has 7 heteroatoms. The summed E-state index contributed by atoms with van der Waals surface area (Å²) in [6.45, 7) is 1.79. The van der Waals surface area contributed by atoms with E-state index in [9.17, 15) is 9.59 Å². The minimum Gasteiger partial charge on any atom is -0.493 e. The highest BCUT2D eigenvalue weighted by Crippen LogP contribution is 2.16. The Hall–Kier alpha value is -1.21. The lowest BCUT2D eigenvalue weighted by Gasteiger charge is -2.12. The molecule has 0 aromatic heterocycles. The van der Waals surface area contributed by atoms with Crippen LogP contribution in [-0.2, 0) is 9.59 Å². The lowest BCUT2D eigenvalue weighted by molar-refractivity contribution is -0.140. The fourth-order valence-electron chi connectivity index (χ4n) is 1.37. The third kappa shape index (κ3) is 6.81. The molecule has 1 atom stereocenters. The number of aliphatic carboxylic acids is 1. The summed E-state index contributed by atoms with van der Waals surface area (Å²) in [6.07, 6.45) is 0. The summed E-state index contributed by atoms with van der Waals surface area (Å²) in [5, 5.41) is 11.3. The predicted molar refractivity (Wildman–Crippen MR) is 82.2 cm³/mol. The van der Waals surface area contributed by atoms with Gasteiger partial charge >= 0.3 is 5.97 Å². The van der Waals surface area contributed by atoms with Crippen molar-refractivity contribution in [2.75, 3.05) is 18.1 Å². The average Bonchev–Trinajstić information content (AvgIpc) is 2.38. The molecule has 0 bridgehead atoms. The van der Waals surface area contributed by atoms with Crippen LogP contribution in [0.15, 0.2) is 28.7 Å². The standard InChI is InChI=1S/C13H16BrNO4S/c1-9(16)15-12(13(17)18)8-20-7-6-19-11-4-2-10(14)3-5-11/h2-5,12H,6-8H2,1H3,(H,15,16)(H,17,18). The zero-order valence-electron chi connectivity index (χ0n) is 11.0. The van der Waals surface area contributed by atoms with Crippen molar-refractivity contribution in [2.24, 2.45) is 0 Å². The second kappa shape index (κ2) is 8.86. The van der Waals surface area contributed by atoms with Gasteiger partial charge in [0.25, 0.3) is 0 Å². The van der Waals surface area contributed by atoms with Crippen molar-refractivity contribution >= 4 is 39.6 Å². The second-order valence-corrected chi connectivity index (χ2v) is 6.03. The average molecular weight is 362 g/mol. The minimum atomic E-state index is -1.03. The van der Waals surface area contributed by atoms with Gasteiger partial charge in [-0.2, -0.15) is 11.8 Å². The smallest absolute Gasteiger partial charge is 0.327 e. The van der Waals surface area contributed by atoms with Crippen LogP contribution in [-0.4, -0.2) is 41.1 Å². The fraction of sp³-hybridized carbons (Fsp3) is 0.385. The van der Waals surface area contributed by atoms with Crippen LogP contribution in [0, 0.1) is 0 Å². The molecule has 0 aliphatic heterocycles. The monoisotopic (exact) mass is 361 g/mol. The summed E-state index contributed by atoms with van der Waals surface area (Å²) in [4.78, 5) is 21.7. The minimum absolute atomic E-state index is 0.318. The van der Waals surface area contributed by atoms with Crippen LogP contribution in [0.5, 0.6) is 5.75 Å². The summed E-state index contributed by atoms with van der Waals surface area (Å²) in [5.74, 6) is 0.369. The number of carbonyl (C=O) groups is 2.